The number of carbonyl (C=O) groups is 2. The predicted octanol–water partition coefficient (Wildman–Crippen LogP) is 2.25. The molecule has 1 aromatic carbocycles. The third-order valence-electron chi connectivity index (χ3n) is 4.05. The lowest BCUT2D eigenvalue weighted by molar-refractivity contribution is -0.121. The number of nitrogens with one attached hydrogen (secondary N) is 1. The molecule has 126 valence electrons. The number of halogens is 1. The Balaban J connectivity index is 1.67. The van der Waals surface area contributed by atoms with Gasteiger partial charge in [0.05, 0.1) is 34.7 Å². The first-order valence-corrected chi connectivity index (χ1v) is 8.07. The van der Waals surface area contributed by atoms with Crippen molar-refractivity contribution >= 4 is 29.2 Å². The van der Waals surface area contributed by atoms with Gasteiger partial charge < -0.3 is 16.0 Å². The molecule has 1 aliphatic heterocycles. The molecular weight excluding hydrogens is 330 g/mol. The number of hydrogen-bond donors (Lipinski definition) is 2. The standard InChI is InChI=1S/C16H18ClN5O2/c17-13-5-1-2-6-14(13)22-10-12(8-19-22)20-15(23)11-4-3-7-21(9-11)16(18)24/h1-2,5-6,8,10-11H,3-4,7,9H2,(H2,18,24)(H,20,23)/t11-/m1/s1. The lowest BCUT2D eigenvalue weighted by Crippen LogP contribution is -2.46. The molecule has 2 heterocycles. The molecule has 1 aromatic heterocycles. The summed E-state index contributed by atoms with van der Waals surface area (Å²) in [6.07, 6.45) is 4.76. The molecule has 0 aliphatic carbocycles. The average Bonchev–Trinajstić information content (AvgIpc) is 3.03. The van der Waals surface area contributed by atoms with E-state index in [0.717, 1.165) is 18.5 Å². The van der Waals surface area contributed by atoms with Crippen molar-refractivity contribution in [1.82, 2.24) is 14.7 Å². The van der Waals surface area contributed by atoms with Crippen molar-refractivity contribution in [1.29, 1.82) is 0 Å². The van der Waals surface area contributed by atoms with Crippen LogP contribution in [0.25, 0.3) is 5.69 Å². The number of nitrogens with zero attached hydrogens (tertiary/aromatic N) is 3. The molecule has 2 aromatic rings. The first-order chi connectivity index (χ1) is 11.5. The van der Waals surface area contributed by atoms with E-state index < -0.39 is 6.03 Å². The van der Waals surface area contributed by atoms with Gasteiger partial charge in [0, 0.05) is 13.1 Å². The maximum absolute atomic E-state index is 12.4. The third-order valence-corrected chi connectivity index (χ3v) is 4.37. The number of likely N-dealkylation sites (tertiary alicyclic amines) is 1. The molecule has 0 saturated carbocycles. The van der Waals surface area contributed by atoms with Crippen LogP contribution in [0.4, 0.5) is 10.5 Å². The van der Waals surface area contributed by atoms with Crippen molar-refractivity contribution in [3.05, 3.63) is 41.7 Å². The second kappa shape index (κ2) is 6.92. The zero-order chi connectivity index (χ0) is 17.1. The number of nitrogens with two attached hydrogens (primary N) is 1. The molecule has 0 unspecified atom stereocenters. The highest BCUT2D eigenvalue weighted by molar-refractivity contribution is 6.32. The number of anilines is 1. The highest BCUT2D eigenvalue weighted by atomic mass is 35.5. The predicted molar refractivity (Wildman–Crippen MR) is 91.1 cm³/mol. The lowest BCUT2D eigenvalue weighted by atomic mass is 9.97. The quantitative estimate of drug-likeness (QED) is 0.891. The van der Waals surface area contributed by atoms with Crippen LogP contribution in [0.2, 0.25) is 5.02 Å². The van der Waals surface area contributed by atoms with Gasteiger partial charge in [0.25, 0.3) is 0 Å². The SMILES string of the molecule is NC(=O)N1CCC[C@@H](C(=O)Nc2cnn(-c3ccccc3Cl)c2)C1. The monoisotopic (exact) mass is 347 g/mol. The summed E-state index contributed by atoms with van der Waals surface area (Å²) in [5, 5.41) is 7.63. The summed E-state index contributed by atoms with van der Waals surface area (Å²) in [6, 6.07) is 6.83. The lowest BCUT2D eigenvalue weighted by Gasteiger charge is -2.30. The van der Waals surface area contributed by atoms with Gasteiger partial charge in [-0.1, -0.05) is 23.7 Å². The second-order valence-electron chi connectivity index (χ2n) is 5.74. The fraction of sp³-hybridized carbons (Fsp3) is 0.312. The van der Waals surface area contributed by atoms with E-state index in [1.54, 1.807) is 23.1 Å². The minimum Gasteiger partial charge on any atom is -0.351 e. The number of rotatable bonds is 3. The average molecular weight is 348 g/mol. The first kappa shape index (κ1) is 16.3. The van der Waals surface area contributed by atoms with Gasteiger partial charge in [-0.15, -0.1) is 0 Å². The Hall–Kier alpha value is -2.54. The van der Waals surface area contributed by atoms with E-state index in [2.05, 4.69) is 10.4 Å². The van der Waals surface area contributed by atoms with E-state index >= 15 is 0 Å². The molecule has 1 fully saturated rings. The topological polar surface area (TPSA) is 93.2 Å². The van der Waals surface area contributed by atoms with Crippen LogP contribution in [0.1, 0.15) is 12.8 Å². The van der Waals surface area contributed by atoms with Gasteiger partial charge in [0.1, 0.15) is 0 Å². The summed E-state index contributed by atoms with van der Waals surface area (Å²) in [5.41, 5.74) is 6.61. The molecule has 3 rings (SSSR count). The largest absolute Gasteiger partial charge is 0.351 e. The molecule has 24 heavy (non-hydrogen) atoms. The highest BCUT2D eigenvalue weighted by Gasteiger charge is 2.27. The molecule has 0 spiro atoms. The van der Waals surface area contributed by atoms with Crippen molar-refractivity contribution in [2.75, 3.05) is 18.4 Å². The van der Waals surface area contributed by atoms with E-state index in [4.69, 9.17) is 17.3 Å². The van der Waals surface area contributed by atoms with Crippen molar-refractivity contribution in [3.63, 3.8) is 0 Å². The van der Waals surface area contributed by atoms with Gasteiger partial charge in [-0.2, -0.15) is 5.10 Å². The van der Waals surface area contributed by atoms with Crippen LogP contribution in [0.15, 0.2) is 36.7 Å². The van der Waals surface area contributed by atoms with Crippen LogP contribution >= 0.6 is 11.6 Å². The molecular formula is C16H18ClN5O2. The molecule has 1 saturated heterocycles. The Morgan fingerprint density at radius 1 is 1.33 bits per heavy atom. The Labute approximate surface area is 144 Å². The smallest absolute Gasteiger partial charge is 0.314 e. The van der Waals surface area contributed by atoms with Gasteiger partial charge in [-0.25, -0.2) is 9.48 Å². The maximum Gasteiger partial charge on any atom is 0.314 e. The number of urea groups is 1. The normalized spacial score (nSPS) is 17.5. The summed E-state index contributed by atoms with van der Waals surface area (Å²) >= 11 is 6.14. The zero-order valence-electron chi connectivity index (χ0n) is 13.0. The maximum atomic E-state index is 12.4. The number of hydrogen-bond acceptors (Lipinski definition) is 3. The number of para-hydroxylation sites is 1. The molecule has 3 N–H and O–H groups in total. The third kappa shape index (κ3) is 3.51. The molecule has 1 atom stereocenters. The number of carbonyl (C=O) groups excluding carboxylic acids is 2. The summed E-state index contributed by atoms with van der Waals surface area (Å²) < 4.78 is 1.61. The molecule has 0 bridgehead atoms. The minimum absolute atomic E-state index is 0.139. The molecule has 1 aliphatic rings. The van der Waals surface area contributed by atoms with Gasteiger partial charge in [0.2, 0.25) is 5.91 Å². The van der Waals surface area contributed by atoms with Crippen LogP contribution in [0.5, 0.6) is 0 Å². The van der Waals surface area contributed by atoms with Crippen LogP contribution in [-0.2, 0) is 4.79 Å². The van der Waals surface area contributed by atoms with Crippen LogP contribution in [0.3, 0.4) is 0 Å². The molecule has 7 nitrogen and oxygen atoms in total. The number of benzene rings is 1. The van der Waals surface area contributed by atoms with E-state index in [1.165, 1.54) is 4.90 Å². The molecule has 0 radical (unpaired) electrons. The van der Waals surface area contributed by atoms with Crippen molar-refractivity contribution in [2.45, 2.75) is 12.8 Å². The highest BCUT2D eigenvalue weighted by Crippen LogP contribution is 2.22. The summed E-state index contributed by atoms with van der Waals surface area (Å²) in [5.74, 6) is -0.408. The summed E-state index contributed by atoms with van der Waals surface area (Å²) in [6.45, 7) is 0.948. The van der Waals surface area contributed by atoms with Crippen LogP contribution in [0, 0.1) is 5.92 Å². The number of primary amides is 1. The van der Waals surface area contributed by atoms with Crippen molar-refractivity contribution in [3.8, 4) is 5.69 Å². The number of aromatic nitrogens is 2. The van der Waals surface area contributed by atoms with Gasteiger partial charge in [-0.05, 0) is 25.0 Å². The fourth-order valence-corrected chi connectivity index (χ4v) is 3.01. The Kier molecular flexibility index (Phi) is 4.71. The number of amides is 3. The Bertz CT molecular complexity index is 760. The van der Waals surface area contributed by atoms with E-state index in [-0.39, 0.29) is 11.8 Å². The van der Waals surface area contributed by atoms with Crippen LogP contribution < -0.4 is 11.1 Å². The van der Waals surface area contributed by atoms with E-state index in [9.17, 15) is 9.59 Å². The Morgan fingerprint density at radius 3 is 2.88 bits per heavy atom. The first-order valence-electron chi connectivity index (χ1n) is 7.69. The van der Waals surface area contributed by atoms with Crippen molar-refractivity contribution in [2.24, 2.45) is 11.7 Å². The second-order valence-corrected chi connectivity index (χ2v) is 6.14. The molecule has 8 heteroatoms. The molecule has 3 amide bonds. The fourth-order valence-electron chi connectivity index (χ4n) is 2.79. The Morgan fingerprint density at radius 2 is 2.12 bits per heavy atom. The van der Waals surface area contributed by atoms with Crippen LogP contribution in [-0.4, -0.2) is 39.7 Å². The summed E-state index contributed by atoms with van der Waals surface area (Å²) in [4.78, 5) is 25.2. The minimum atomic E-state index is -0.487. The summed E-state index contributed by atoms with van der Waals surface area (Å²) in [7, 11) is 0. The van der Waals surface area contributed by atoms with Crippen molar-refractivity contribution < 1.29 is 9.59 Å². The van der Waals surface area contributed by atoms with E-state index in [1.807, 2.05) is 18.2 Å². The van der Waals surface area contributed by atoms with Gasteiger partial charge in [0.15, 0.2) is 0 Å². The number of piperidine rings is 1. The zero-order valence-corrected chi connectivity index (χ0v) is 13.7. The van der Waals surface area contributed by atoms with E-state index in [0.29, 0.717) is 23.8 Å². The van der Waals surface area contributed by atoms with Gasteiger partial charge >= 0.3 is 6.03 Å². The van der Waals surface area contributed by atoms with Gasteiger partial charge in [-0.3, -0.25) is 4.79 Å².